The van der Waals surface area contributed by atoms with Crippen molar-refractivity contribution < 1.29 is 9.53 Å². The second-order valence-electron chi connectivity index (χ2n) is 4.83. The number of ether oxygens (including phenoxy) is 1. The van der Waals surface area contributed by atoms with Gasteiger partial charge in [0.15, 0.2) is 0 Å². The lowest BCUT2D eigenvalue weighted by Gasteiger charge is -2.06. The van der Waals surface area contributed by atoms with Crippen molar-refractivity contribution in [3.05, 3.63) is 71.3 Å². The van der Waals surface area contributed by atoms with Crippen LogP contribution in [0.5, 0.6) is 5.75 Å². The van der Waals surface area contributed by atoms with Crippen molar-refractivity contribution in [3.63, 3.8) is 0 Å². The summed E-state index contributed by atoms with van der Waals surface area (Å²) >= 11 is 0. The molecule has 2 aromatic carbocycles. The van der Waals surface area contributed by atoms with Gasteiger partial charge in [-0.1, -0.05) is 30.3 Å². The van der Waals surface area contributed by atoms with Crippen LogP contribution in [0, 0.1) is 11.3 Å². The molecule has 23 heavy (non-hydrogen) atoms. The van der Waals surface area contributed by atoms with E-state index >= 15 is 0 Å². The number of benzene rings is 2. The SMILES string of the molecule is CCOc1ccccc1/C=C/C(=O)NCc1ccc(C#N)cc1. The summed E-state index contributed by atoms with van der Waals surface area (Å²) in [5, 5.41) is 11.6. The number of nitrogens with zero attached hydrogens (tertiary/aromatic N) is 1. The summed E-state index contributed by atoms with van der Waals surface area (Å²) in [5.74, 6) is 0.576. The van der Waals surface area contributed by atoms with E-state index in [4.69, 9.17) is 10.00 Å². The highest BCUT2D eigenvalue weighted by molar-refractivity contribution is 5.92. The zero-order valence-corrected chi connectivity index (χ0v) is 13.0. The molecule has 0 aromatic heterocycles. The molecule has 0 aliphatic heterocycles. The summed E-state index contributed by atoms with van der Waals surface area (Å²) in [6, 6.07) is 16.7. The molecular formula is C19H18N2O2. The van der Waals surface area contributed by atoms with E-state index in [0.29, 0.717) is 18.7 Å². The summed E-state index contributed by atoms with van der Waals surface area (Å²) in [4.78, 5) is 11.9. The molecule has 0 atom stereocenters. The lowest BCUT2D eigenvalue weighted by molar-refractivity contribution is -0.116. The van der Waals surface area contributed by atoms with Crippen LogP contribution in [0.4, 0.5) is 0 Å². The Bertz CT molecular complexity index is 728. The fourth-order valence-electron chi connectivity index (χ4n) is 2.02. The Balaban J connectivity index is 1.92. The molecule has 1 amide bonds. The summed E-state index contributed by atoms with van der Waals surface area (Å²) in [6.45, 7) is 2.92. The monoisotopic (exact) mass is 306 g/mol. The first-order valence-corrected chi connectivity index (χ1v) is 7.39. The van der Waals surface area contributed by atoms with Gasteiger partial charge in [-0.15, -0.1) is 0 Å². The van der Waals surface area contributed by atoms with Crippen molar-refractivity contribution in [2.45, 2.75) is 13.5 Å². The number of nitriles is 1. The normalized spacial score (nSPS) is 10.3. The van der Waals surface area contributed by atoms with Gasteiger partial charge in [0.05, 0.1) is 18.2 Å². The Morgan fingerprint density at radius 2 is 1.96 bits per heavy atom. The molecule has 0 saturated heterocycles. The van der Waals surface area contributed by atoms with Gasteiger partial charge in [0.25, 0.3) is 0 Å². The van der Waals surface area contributed by atoms with Crippen LogP contribution >= 0.6 is 0 Å². The molecule has 0 aliphatic carbocycles. The molecule has 0 fully saturated rings. The molecule has 2 aromatic rings. The van der Waals surface area contributed by atoms with E-state index in [1.54, 1.807) is 18.2 Å². The van der Waals surface area contributed by atoms with Crippen molar-refractivity contribution in [2.24, 2.45) is 0 Å². The molecule has 0 aliphatic rings. The van der Waals surface area contributed by atoms with E-state index < -0.39 is 0 Å². The standard InChI is InChI=1S/C19H18N2O2/c1-2-23-18-6-4-3-5-17(18)11-12-19(22)21-14-16-9-7-15(13-20)8-10-16/h3-12H,2,14H2,1H3,(H,21,22)/b12-11+. The highest BCUT2D eigenvalue weighted by Crippen LogP contribution is 2.19. The Labute approximate surface area is 136 Å². The zero-order chi connectivity index (χ0) is 16.5. The predicted molar refractivity (Wildman–Crippen MR) is 89.6 cm³/mol. The van der Waals surface area contributed by atoms with Crippen LogP contribution < -0.4 is 10.1 Å². The number of amides is 1. The third-order valence-corrected chi connectivity index (χ3v) is 3.18. The summed E-state index contributed by atoms with van der Waals surface area (Å²) < 4.78 is 5.51. The minimum atomic E-state index is -0.180. The van der Waals surface area contributed by atoms with Gasteiger partial charge >= 0.3 is 0 Å². The molecule has 0 bridgehead atoms. The third-order valence-electron chi connectivity index (χ3n) is 3.18. The maximum Gasteiger partial charge on any atom is 0.244 e. The van der Waals surface area contributed by atoms with E-state index in [9.17, 15) is 4.79 Å². The van der Waals surface area contributed by atoms with Crippen LogP contribution in [0.25, 0.3) is 6.08 Å². The summed E-state index contributed by atoms with van der Waals surface area (Å²) in [7, 11) is 0. The topological polar surface area (TPSA) is 62.1 Å². The molecule has 116 valence electrons. The van der Waals surface area contributed by atoms with Gasteiger partial charge in [-0.25, -0.2) is 0 Å². The molecule has 4 heteroatoms. The number of para-hydroxylation sites is 1. The van der Waals surface area contributed by atoms with Gasteiger partial charge in [-0.3, -0.25) is 4.79 Å². The quantitative estimate of drug-likeness (QED) is 0.833. The Hall–Kier alpha value is -3.06. The van der Waals surface area contributed by atoms with Gasteiger partial charge < -0.3 is 10.1 Å². The van der Waals surface area contributed by atoms with E-state index in [1.807, 2.05) is 43.3 Å². The molecule has 0 unspecified atom stereocenters. The van der Waals surface area contributed by atoms with Crippen LogP contribution in [-0.2, 0) is 11.3 Å². The highest BCUT2D eigenvalue weighted by atomic mass is 16.5. The van der Waals surface area contributed by atoms with Gasteiger partial charge in [-0.05, 0) is 36.8 Å². The number of carbonyl (C=O) groups excluding carboxylic acids is 1. The smallest absolute Gasteiger partial charge is 0.244 e. The molecule has 0 spiro atoms. The third kappa shape index (κ3) is 5.01. The summed E-state index contributed by atoms with van der Waals surface area (Å²) in [6.07, 6.45) is 3.22. The fourth-order valence-corrected chi connectivity index (χ4v) is 2.02. The molecule has 2 rings (SSSR count). The molecule has 0 heterocycles. The van der Waals surface area contributed by atoms with Crippen LogP contribution in [0.2, 0.25) is 0 Å². The second-order valence-corrected chi connectivity index (χ2v) is 4.83. The second kappa shape index (κ2) is 8.40. The predicted octanol–water partition coefficient (Wildman–Crippen LogP) is 3.29. The van der Waals surface area contributed by atoms with E-state index in [0.717, 1.165) is 16.9 Å². The van der Waals surface area contributed by atoms with E-state index in [2.05, 4.69) is 11.4 Å². The van der Waals surface area contributed by atoms with Gasteiger partial charge in [-0.2, -0.15) is 5.26 Å². The number of hydrogen-bond donors (Lipinski definition) is 1. The van der Waals surface area contributed by atoms with Crippen LogP contribution in [0.1, 0.15) is 23.6 Å². The average Bonchev–Trinajstić information content (AvgIpc) is 2.60. The number of nitrogens with one attached hydrogen (secondary N) is 1. The van der Waals surface area contributed by atoms with Crippen molar-refractivity contribution in [2.75, 3.05) is 6.61 Å². The first-order chi connectivity index (χ1) is 11.2. The largest absolute Gasteiger partial charge is 0.493 e. The van der Waals surface area contributed by atoms with Crippen molar-refractivity contribution >= 4 is 12.0 Å². The molecule has 0 saturated carbocycles. The first kappa shape index (κ1) is 16.3. The van der Waals surface area contributed by atoms with Gasteiger partial charge in [0.2, 0.25) is 5.91 Å². The van der Waals surface area contributed by atoms with Gasteiger partial charge in [0.1, 0.15) is 5.75 Å². The maximum absolute atomic E-state index is 11.9. The molecule has 1 N–H and O–H groups in total. The van der Waals surface area contributed by atoms with E-state index in [1.165, 1.54) is 6.08 Å². The number of rotatable bonds is 6. The molecule has 4 nitrogen and oxygen atoms in total. The van der Waals surface area contributed by atoms with Crippen molar-refractivity contribution in [3.8, 4) is 11.8 Å². The van der Waals surface area contributed by atoms with Crippen molar-refractivity contribution in [1.29, 1.82) is 5.26 Å². The fraction of sp³-hybridized carbons (Fsp3) is 0.158. The average molecular weight is 306 g/mol. The van der Waals surface area contributed by atoms with Crippen LogP contribution in [0.3, 0.4) is 0 Å². The lowest BCUT2D eigenvalue weighted by Crippen LogP contribution is -2.20. The molecular weight excluding hydrogens is 288 g/mol. The van der Waals surface area contributed by atoms with Crippen molar-refractivity contribution in [1.82, 2.24) is 5.32 Å². The zero-order valence-electron chi connectivity index (χ0n) is 13.0. The lowest BCUT2D eigenvalue weighted by atomic mass is 10.1. The first-order valence-electron chi connectivity index (χ1n) is 7.39. The minimum absolute atomic E-state index is 0.180. The summed E-state index contributed by atoms with van der Waals surface area (Å²) in [5.41, 5.74) is 2.41. The van der Waals surface area contributed by atoms with Crippen LogP contribution in [-0.4, -0.2) is 12.5 Å². The number of hydrogen-bond acceptors (Lipinski definition) is 3. The minimum Gasteiger partial charge on any atom is -0.493 e. The Morgan fingerprint density at radius 3 is 2.65 bits per heavy atom. The Kier molecular flexibility index (Phi) is 5.96. The van der Waals surface area contributed by atoms with E-state index in [-0.39, 0.29) is 5.91 Å². The number of carbonyl (C=O) groups is 1. The van der Waals surface area contributed by atoms with Gasteiger partial charge in [0, 0.05) is 18.2 Å². The highest BCUT2D eigenvalue weighted by Gasteiger charge is 2.01. The molecule has 0 radical (unpaired) electrons. The Morgan fingerprint density at radius 1 is 1.22 bits per heavy atom. The maximum atomic E-state index is 11.9. The van der Waals surface area contributed by atoms with Crippen LogP contribution in [0.15, 0.2) is 54.6 Å².